The molecule has 5 N–H and O–H groups in total. The van der Waals surface area contributed by atoms with Crippen LogP contribution in [0, 0.1) is 0 Å². The number of rotatable bonds is 7. The summed E-state index contributed by atoms with van der Waals surface area (Å²) in [6, 6.07) is 9.60. The molecule has 1 fully saturated rings. The van der Waals surface area contributed by atoms with Crippen molar-refractivity contribution in [1.82, 2.24) is 15.5 Å². The van der Waals surface area contributed by atoms with Gasteiger partial charge >= 0.3 is 6.18 Å². The Morgan fingerprint density at radius 2 is 1.77 bits per heavy atom. The van der Waals surface area contributed by atoms with Gasteiger partial charge in [-0.05, 0) is 48.7 Å². The molecule has 13 heteroatoms. The normalized spacial score (nSPS) is 19.4. The highest BCUT2D eigenvalue weighted by Crippen LogP contribution is 2.30. The summed E-state index contributed by atoms with van der Waals surface area (Å²) in [5.41, 5.74) is 4.58. The Balaban J connectivity index is 1.44. The molecule has 1 saturated heterocycles. The van der Waals surface area contributed by atoms with E-state index in [0.29, 0.717) is 11.3 Å². The molecular formula is C26H24F3N5O5. The SMILES string of the molecule is CC(N)(C(=O)NCc1cccc(C(F)(F)F)c1)c1cccc(NC2=CC(=O)N(C3CCC(=O)NC3=O)C2=O)c1. The van der Waals surface area contributed by atoms with Gasteiger partial charge in [0.2, 0.25) is 17.7 Å². The lowest BCUT2D eigenvalue weighted by Gasteiger charge is -2.28. The molecule has 0 spiro atoms. The molecule has 2 aromatic rings. The Labute approximate surface area is 220 Å². The molecule has 0 aliphatic carbocycles. The summed E-state index contributed by atoms with van der Waals surface area (Å²) in [4.78, 5) is 62.6. The monoisotopic (exact) mass is 543 g/mol. The fourth-order valence-electron chi connectivity index (χ4n) is 4.23. The summed E-state index contributed by atoms with van der Waals surface area (Å²) in [5.74, 6) is -3.35. The lowest BCUT2D eigenvalue weighted by Crippen LogP contribution is -2.54. The number of carbonyl (C=O) groups is 5. The number of hydrogen-bond acceptors (Lipinski definition) is 7. The highest BCUT2D eigenvalue weighted by Gasteiger charge is 2.42. The van der Waals surface area contributed by atoms with E-state index in [1.807, 2.05) is 0 Å². The van der Waals surface area contributed by atoms with E-state index in [2.05, 4.69) is 16.0 Å². The number of nitrogens with one attached hydrogen (secondary N) is 3. The van der Waals surface area contributed by atoms with Crippen molar-refractivity contribution in [3.8, 4) is 0 Å². The first-order chi connectivity index (χ1) is 18.3. The van der Waals surface area contributed by atoms with Crippen LogP contribution < -0.4 is 21.7 Å². The number of carbonyl (C=O) groups excluding carboxylic acids is 5. The minimum Gasteiger partial charge on any atom is -0.351 e. The minimum atomic E-state index is -4.52. The molecule has 0 bridgehead atoms. The number of alkyl halides is 3. The smallest absolute Gasteiger partial charge is 0.351 e. The summed E-state index contributed by atoms with van der Waals surface area (Å²) in [6.07, 6.45) is -3.49. The Morgan fingerprint density at radius 1 is 1.08 bits per heavy atom. The third kappa shape index (κ3) is 5.82. The van der Waals surface area contributed by atoms with Crippen molar-refractivity contribution >= 4 is 35.2 Å². The van der Waals surface area contributed by atoms with Crippen molar-refractivity contribution in [3.05, 3.63) is 77.0 Å². The van der Waals surface area contributed by atoms with Gasteiger partial charge in [0.25, 0.3) is 11.8 Å². The van der Waals surface area contributed by atoms with Gasteiger partial charge < -0.3 is 16.4 Å². The number of amides is 5. The third-order valence-corrected chi connectivity index (χ3v) is 6.40. The molecule has 0 radical (unpaired) electrons. The van der Waals surface area contributed by atoms with E-state index in [0.717, 1.165) is 23.1 Å². The number of nitrogens with two attached hydrogens (primary N) is 1. The largest absolute Gasteiger partial charge is 0.416 e. The van der Waals surface area contributed by atoms with Crippen molar-refractivity contribution in [1.29, 1.82) is 0 Å². The van der Waals surface area contributed by atoms with Crippen LogP contribution in [-0.2, 0) is 42.2 Å². The van der Waals surface area contributed by atoms with Crippen molar-refractivity contribution in [2.45, 2.75) is 44.1 Å². The summed E-state index contributed by atoms with van der Waals surface area (Å²) < 4.78 is 38.9. The number of benzene rings is 2. The molecule has 39 heavy (non-hydrogen) atoms. The maximum absolute atomic E-state index is 13.0. The quantitative estimate of drug-likeness (QED) is 0.388. The molecule has 0 aromatic heterocycles. The van der Waals surface area contributed by atoms with Crippen LogP contribution in [0.5, 0.6) is 0 Å². The Hall–Kier alpha value is -4.52. The van der Waals surface area contributed by atoms with Crippen molar-refractivity contribution in [3.63, 3.8) is 0 Å². The second-order valence-electron chi connectivity index (χ2n) is 9.33. The van der Waals surface area contributed by atoms with E-state index in [1.54, 1.807) is 18.2 Å². The van der Waals surface area contributed by atoms with E-state index in [9.17, 15) is 37.1 Å². The number of hydrogen-bond donors (Lipinski definition) is 4. The Kier molecular flexibility index (Phi) is 7.29. The van der Waals surface area contributed by atoms with Gasteiger partial charge in [0, 0.05) is 24.7 Å². The number of piperidine rings is 1. The zero-order valence-electron chi connectivity index (χ0n) is 20.6. The molecule has 2 aromatic carbocycles. The van der Waals surface area contributed by atoms with Crippen molar-refractivity contribution < 1.29 is 37.1 Å². The molecule has 2 aliphatic rings. The average Bonchev–Trinajstić information content (AvgIpc) is 3.14. The third-order valence-electron chi connectivity index (χ3n) is 6.40. The molecule has 2 aliphatic heterocycles. The van der Waals surface area contributed by atoms with E-state index < -0.39 is 52.9 Å². The highest BCUT2D eigenvalue weighted by molar-refractivity contribution is 6.20. The van der Waals surface area contributed by atoms with Crippen LogP contribution in [0.25, 0.3) is 0 Å². The van der Waals surface area contributed by atoms with Crippen LogP contribution in [0.2, 0.25) is 0 Å². The van der Waals surface area contributed by atoms with Gasteiger partial charge in [-0.2, -0.15) is 13.2 Å². The summed E-state index contributed by atoms with van der Waals surface area (Å²) >= 11 is 0. The van der Waals surface area contributed by atoms with E-state index in [-0.39, 0.29) is 30.6 Å². The first-order valence-corrected chi connectivity index (χ1v) is 11.8. The average molecular weight is 544 g/mol. The zero-order valence-corrected chi connectivity index (χ0v) is 20.6. The van der Waals surface area contributed by atoms with Crippen LogP contribution in [0.1, 0.15) is 36.5 Å². The van der Waals surface area contributed by atoms with Crippen LogP contribution in [0.3, 0.4) is 0 Å². The van der Waals surface area contributed by atoms with E-state index in [1.165, 1.54) is 25.1 Å². The standard InChI is InChI=1S/C26H24F3N5O5/c1-25(30,24(39)31-13-14-4-2-6-16(10-14)26(27,28)29)15-5-3-7-17(11-15)32-18-12-21(36)34(23(18)38)19-8-9-20(35)33-22(19)37/h2-7,10-12,19,32H,8-9,13,30H2,1H3,(H,31,39)(H,33,35,37). The highest BCUT2D eigenvalue weighted by atomic mass is 19.4. The maximum Gasteiger partial charge on any atom is 0.416 e. The van der Waals surface area contributed by atoms with Gasteiger partial charge in [-0.3, -0.25) is 34.2 Å². The zero-order chi connectivity index (χ0) is 28.5. The van der Waals surface area contributed by atoms with E-state index in [4.69, 9.17) is 5.73 Å². The van der Waals surface area contributed by atoms with Crippen LogP contribution in [0.15, 0.2) is 60.3 Å². The van der Waals surface area contributed by atoms with Crippen molar-refractivity contribution in [2.75, 3.05) is 5.32 Å². The van der Waals surface area contributed by atoms with Gasteiger partial charge in [-0.1, -0.05) is 24.3 Å². The molecular weight excluding hydrogens is 519 g/mol. The Bertz CT molecular complexity index is 1400. The van der Waals surface area contributed by atoms with Crippen LogP contribution in [-0.4, -0.2) is 40.5 Å². The summed E-state index contributed by atoms with van der Waals surface area (Å²) in [7, 11) is 0. The molecule has 204 valence electrons. The fraction of sp³-hybridized carbons (Fsp3) is 0.269. The van der Waals surface area contributed by atoms with Crippen molar-refractivity contribution in [2.24, 2.45) is 5.73 Å². The van der Waals surface area contributed by atoms with Gasteiger partial charge in [0.1, 0.15) is 17.3 Å². The first-order valence-electron chi connectivity index (χ1n) is 11.8. The Morgan fingerprint density at radius 3 is 2.46 bits per heavy atom. The van der Waals surface area contributed by atoms with Crippen LogP contribution >= 0.6 is 0 Å². The van der Waals surface area contributed by atoms with Crippen LogP contribution in [0.4, 0.5) is 18.9 Å². The topological polar surface area (TPSA) is 151 Å². The number of nitrogens with zero attached hydrogens (tertiary/aromatic N) is 1. The molecule has 10 nitrogen and oxygen atoms in total. The van der Waals surface area contributed by atoms with Gasteiger partial charge in [-0.25, -0.2) is 0 Å². The minimum absolute atomic E-state index is 0.0107. The predicted octanol–water partition coefficient (Wildman–Crippen LogP) is 1.67. The molecule has 2 atom stereocenters. The van der Waals surface area contributed by atoms with E-state index >= 15 is 0 Å². The lowest BCUT2D eigenvalue weighted by molar-refractivity contribution is -0.149. The summed E-state index contributed by atoms with van der Waals surface area (Å²) in [5, 5.41) is 7.45. The van der Waals surface area contributed by atoms with Gasteiger partial charge in [-0.15, -0.1) is 0 Å². The lowest BCUT2D eigenvalue weighted by atomic mass is 9.91. The fourth-order valence-corrected chi connectivity index (χ4v) is 4.23. The molecule has 2 unspecified atom stereocenters. The number of halogens is 3. The maximum atomic E-state index is 13.0. The number of anilines is 1. The van der Waals surface area contributed by atoms with Gasteiger partial charge in [0.15, 0.2) is 0 Å². The molecule has 5 amide bonds. The second kappa shape index (κ2) is 10.3. The molecule has 4 rings (SSSR count). The predicted molar refractivity (Wildman–Crippen MR) is 131 cm³/mol. The molecule has 0 saturated carbocycles. The summed E-state index contributed by atoms with van der Waals surface area (Å²) in [6.45, 7) is 1.23. The molecule has 2 heterocycles. The van der Waals surface area contributed by atoms with Gasteiger partial charge in [0.05, 0.1) is 5.56 Å². The number of imide groups is 2. The second-order valence-corrected chi connectivity index (χ2v) is 9.33. The first kappa shape index (κ1) is 27.5.